The second kappa shape index (κ2) is 8.37. The van der Waals surface area contributed by atoms with Crippen LogP contribution in [0.1, 0.15) is 34.8 Å². The van der Waals surface area contributed by atoms with Crippen molar-refractivity contribution in [1.29, 1.82) is 5.26 Å². The monoisotopic (exact) mass is 370 g/mol. The topological polar surface area (TPSA) is 99.1 Å². The molecule has 144 valence electrons. The van der Waals surface area contributed by atoms with Gasteiger partial charge in [0.15, 0.2) is 0 Å². The van der Waals surface area contributed by atoms with Crippen molar-refractivity contribution >= 4 is 5.91 Å². The molecule has 0 bridgehead atoms. The van der Waals surface area contributed by atoms with Gasteiger partial charge < -0.3 is 15.0 Å². The highest BCUT2D eigenvalue weighted by Crippen LogP contribution is 2.20. The van der Waals surface area contributed by atoms with Gasteiger partial charge in [0.05, 0.1) is 24.5 Å². The average molecular weight is 370 g/mol. The summed E-state index contributed by atoms with van der Waals surface area (Å²) < 4.78 is 3.96. The molecule has 0 fully saturated rings. The zero-order valence-corrected chi connectivity index (χ0v) is 15.9. The van der Waals surface area contributed by atoms with E-state index >= 15 is 0 Å². The van der Waals surface area contributed by atoms with E-state index in [2.05, 4.69) is 27.5 Å². The Kier molecular flexibility index (Phi) is 5.94. The fourth-order valence-corrected chi connectivity index (χ4v) is 3.43. The van der Waals surface area contributed by atoms with Crippen LogP contribution in [-0.2, 0) is 37.9 Å². The van der Waals surface area contributed by atoms with Crippen molar-refractivity contribution < 1.29 is 9.90 Å². The number of aryl methyl sites for hydroxylation is 1. The number of hydrogen-bond acceptors (Lipinski definition) is 5. The summed E-state index contributed by atoms with van der Waals surface area (Å²) in [4.78, 5) is 14.0. The zero-order valence-electron chi connectivity index (χ0n) is 15.9. The van der Waals surface area contributed by atoms with E-state index in [-0.39, 0.29) is 12.5 Å². The Bertz CT molecular complexity index is 860. The molecule has 2 N–H and O–H groups in total. The van der Waals surface area contributed by atoms with Crippen LogP contribution in [0.5, 0.6) is 0 Å². The van der Waals surface area contributed by atoms with E-state index < -0.39 is 0 Å². The molecule has 2 aromatic rings. The minimum atomic E-state index is -0.0653. The van der Waals surface area contributed by atoms with E-state index in [1.165, 1.54) is 5.56 Å². The summed E-state index contributed by atoms with van der Waals surface area (Å²) in [6, 6.07) is 6.28. The highest BCUT2D eigenvalue weighted by Gasteiger charge is 2.20. The Morgan fingerprint density at radius 3 is 2.93 bits per heavy atom. The first-order chi connectivity index (χ1) is 13.0. The van der Waals surface area contributed by atoms with E-state index in [0.717, 1.165) is 43.3 Å². The first-order valence-corrected chi connectivity index (χ1v) is 9.22. The molecule has 1 aliphatic rings. The zero-order chi connectivity index (χ0) is 19.4. The lowest BCUT2D eigenvalue weighted by Gasteiger charge is -2.27. The van der Waals surface area contributed by atoms with E-state index in [9.17, 15) is 10.1 Å². The second-order valence-electron chi connectivity index (χ2n) is 6.95. The van der Waals surface area contributed by atoms with E-state index in [1.807, 2.05) is 29.3 Å². The summed E-state index contributed by atoms with van der Waals surface area (Å²) in [7, 11) is 1.92. The lowest BCUT2D eigenvalue weighted by atomic mass is 10.2. The van der Waals surface area contributed by atoms with Crippen LogP contribution >= 0.6 is 0 Å². The van der Waals surface area contributed by atoms with E-state index in [4.69, 9.17) is 5.11 Å². The summed E-state index contributed by atoms with van der Waals surface area (Å²) in [5, 5.41) is 25.2. The average Bonchev–Trinajstić information content (AvgIpc) is 3.19. The molecule has 0 radical (unpaired) electrons. The molecule has 8 nitrogen and oxygen atoms in total. The van der Waals surface area contributed by atoms with Crippen molar-refractivity contribution in [3.63, 3.8) is 0 Å². The highest BCUT2D eigenvalue weighted by atomic mass is 16.3. The quantitative estimate of drug-likeness (QED) is 0.738. The summed E-state index contributed by atoms with van der Waals surface area (Å²) in [5.41, 5.74) is 5.07. The standard InChI is InChI=1S/C19H26N6O2/c1-14-15(9-17(11-20)23(14)2)12-24-6-7-25-18(13-24)10-16(22-25)3-4-19(27)21-5-8-26/h9-10,26H,3-8,12-13H2,1-2H3,(H,21,27). The van der Waals surface area contributed by atoms with Crippen LogP contribution in [0.2, 0.25) is 0 Å². The number of aromatic nitrogens is 3. The van der Waals surface area contributed by atoms with Crippen LogP contribution in [0.4, 0.5) is 0 Å². The smallest absolute Gasteiger partial charge is 0.220 e. The van der Waals surface area contributed by atoms with Crippen LogP contribution in [0, 0.1) is 18.3 Å². The molecule has 2 aromatic heterocycles. The van der Waals surface area contributed by atoms with Crippen LogP contribution in [0.15, 0.2) is 12.1 Å². The number of carbonyl (C=O) groups is 1. The molecule has 0 atom stereocenters. The van der Waals surface area contributed by atoms with Crippen molar-refractivity contribution in [2.75, 3.05) is 19.7 Å². The SMILES string of the molecule is Cc1c(CN2CCn3nc(CCC(=O)NCCO)cc3C2)cc(C#N)n1C. The van der Waals surface area contributed by atoms with E-state index in [0.29, 0.717) is 25.1 Å². The van der Waals surface area contributed by atoms with Crippen molar-refractivity contribution in [1.82, 2.24) is 24.6 Å². The molecule has 1 aliphatic heterocycles. The second-order valence-corrected chi connectivity index (χ2v) is 6.95. The number of aliphatic hydroxyl groups is 1. The molecule has 3 rings (SSSR count). The lowest BCUT2D eigenvalue weighted by Crippen LogP contribution is -2.33. The van der Waals surface area contributed by atoms with Gasteiger partial charge in [-0.1, -0.05) is 0 Å². The normalized spacial score (nSPS) is 14.0. The van der Waals surface area contributed by atoms with Gasteiger partial charge in [0.1, 0.15) is 11.8 Å². The molecule has 0 unspecified atom stereocenters. The Labute approximate surface area is 159 Å². The predicted octanol–water partition coefficient (Wildman–Crippen LogP) is 0.459. The summed E-state index contributed by atoms with van der Waals surface area (Å²) >= 11 is 0. The van der Waals surface area contributed by atoms with Gasteiger partial charge >= 0.3 is 0 Å². The number of rotatable bonds is 7. The van der Waals surface area contributed by atoms with Gasteiger partial charge in [0.25, 0.3) is 0 Å². The third kappa shape index (κ3) is 4.38. The largest absolute Gasteiger partial charge is 0.395 e. The van der Waals surface area contributed by atoms with Crippen LogP contribution in [0.3, 0.4) is 0 Å². The maximum atomic E-state index is 11.7. The highest BCUT2D eigenvalue weighted by molar-refractivity contribution is 5.76. The fraction of sp³-hybridized carbons (Fsp3) is 0.526. The Morgan fingerprint density at radius 2 is 2.22 bits per heavy atom. The number of nitrogens with zero attached hydrogens (tertiary/aromatic N) is 5. The van der Waals surface area contributed by atoms with Crippen LogP contribution in [-0.4, -0.2) is 50.0 Å². The van der Waals surface area contributed by atoms with Gasteiger partial charge in [-0.2, -0.15) is 10.4 Å². The first-order valence-electron chi connectivity index (χ1n) is 9.22. The molecular formula is C19H26N6O2. The molecule has 8 heteroatoms. The number of nitrogens with one attached hydrogen (secondary N) is 1. The molecule has 0 saturated carbocycles. The summed E-state index contributed by atoms with van der Waals surface area (Å²) in [5.74, 6) is -0.0653. The number of aliphatic hydroxyl groups excluding tert-OH is 1. The number of fused-ring (bicyclic) bond motifs is 1. The van der Waals surface area contributed by atoms with Crippen molar-refractivity contribution in [3.8, 4) is 6.07 Å². The van der Waals surface area contributed by atoms with Gasteiger partial charge in [0, 0.05) is 51.8 Å². The molecule has 1 amide bonds. The molecule has 27 heavy (non-hydrogen) atoms. The molecule has 0 aliphatic carbocycles. The molecule has 0 spiro atoms. The Morgan fingerprint density at radius 1 is 1.41 bits per heavy atom. The van der Waals surface area contributed by atoms with Gasteiger partial charge in [-0.3, -0.25) is 14.4 Å². The van der Waals surface area contributed by atoms with Gasteiger partial charge in [-0.05, 0) is 24.6 Å². The van der Waals surface area contributed by atoms with Crippen molar-refractivity contribution in [3.05, 3.63) is 40.5 Å². The van der Waals surface area contributed by atoms with Gasteiger partial charge in [0.2, 0.25) is 5.91 Å². The Balaban J connectivity index is 1.59. The number of amides is 1. The molecular weight excluding hydrogens is 344 g/mol. The molecule has 0 aromatic carbocycles. The summed E-state index contributed by atoms with van der Waals surface area (Å²) in [6.45, 7) is 5.64. The van der Waals surface area contributed by atoms with Crippen LogP contribution < -0.4 is 5.32 Å². The van der Waals surface area contributed by atoms with Gasteiger partial charge in [-0.25, -0.2) is 0 Å². The molecule has 3 heterocycles. The third-order valence-corrected chi connectivity index (χ3v) is 5.12. The maximum absolute atomic E-state index is 11.7. The molecule has 0 saturated heterocycles. The third-order valence-electron chi connectivity index (χ3n) is 5.12. The first kappa shape index (κ1) is 19.1. The maximum Gasteiger partial charge on any atom is 0.220 e. The van der Waals surface area contributed by atoms with Crippen molar-refractivity contribution in [2.24, 2.45) is 7.05 Å². The van der Waals surface area contributed by atoms with Crippen molar-refractivity contribution in [2.45, 2.75) is 39.4 Å². The predicted molar refractivity (Wildman–Crippen MR) is 99.6 cm³/mol. The fourth-order valence-electron chi connectivity index (χ4n) is 3.43. The number of hydrogen-bond donors (Lipinski definition) is 2. The minimum absolute atomic E-state index is 0.0445. The lowest BCUT2D eigenvalue weighted by molar-refractivity contribution is -0.121. The minimum Gasteiger partial charge on any atom is -0.395 e. The van der Waals surface area contributed by atoms with E-state index in [1.54, 1.807) is 0 Å². The number of nitriles is 1. The van der Waals surface area contributed by atoms with Crippen LogP contribution in [0.25, 0.3) is 0 Å². The van der Waals surface area contributed by atoms with Gasteiger partial charge in [-0.15, -0.1) is 0 Å². The Hall–Kier alpha value is -2.63. The number of carbonyl (C=O) groups excluding carboxylic acids is 1. The summed E-state index contributed by atoms with van der Waals surface area (Å²) in [6.07, 6.45) is 0.973.